The minimum Gasteiger partial charge on any atom is -0.266 e. The van der Waals surface area contributed by atoms with Crippen molar-refractivity contribution in [3.8, 4) is 11.3 Å². The van der Waals surface area contributed by atoms with Gasteiger partial charge in [0.25, 0.3) is 10.0 Å². The van der Waals surface area contributed by atoms with Crippen LogP contribution in [0.4, 0.5) is 5.69 Å². The van der Waals surface area contributed by atoms with Crippen molar-refractivity contribution in [2.75, 3.05) is 10.8 Å². The van der Waals surface area contributed by atoms with Gasteiger partial charge in [-0.1, -0.05) is 66.9 Å². The fourth-order valence-electron chi connectivity index (χ4n) is 3.18. The maximum Gasteiger partial charge on any atom is 0.268 e. The monoisotopic (exact) mass is 409 g/mol. The van der Waals surface area contributed by atoms with E-state index in [1.54, 1.807) is 6.08 Å². The van der Waals surface area contributed by atoms with Crippen LogP contribution < -0.4 is 4.31 Å². The van der Waals surface area contributed by atoms with Crippen LogP contribution in [0, 0.1) is 0 Å². The van der Waals surface area contributed by atoms with Crippen LogP contribution >= 0.6 is 11.8 Å². The molecule has 0 radical (unpaired) electrons. The van der Waals surface area contributed by atoms with Crippen LogP contribution in [0.25, 0.3) is 17.3 Å². The Kier molecular flexibility index (Phi) is 4.95. The summed E-state index contributed by atoms with van der Waals surface area (Å²) >= 11 is 1.48. The number of sulfonamides is 1. The van der Waals surface area contributed by atoms with E-state index in [2.05, 4.69) is 16.5 Å². The summed E-state index contributed by atoms with van der Waals surface area (Å²) in [7, 11) is -3.65. The maximum absolute atomic E-state index is 13.0. The molecule has 1 aliphatic heterocycles. The molecule has 3 aromatic rings. The molecule has 0 bridgehead atoms. The SMILES string of the molecule is C=Cc1ccc(CSc2ncc3c(n2)-c2ccccc2N(CC)S3(=O)=O)cc1. The number of para-hydroxylation sites is 1. The lowest BCUT2D eigenvalue weighted by molar-refractivity contribution is 0.589. The van der Waals surface area contributed by atoms with Gasteiger partial charge in [-0.05, 0) is 24.1 Å². The first-order chi connectivity index (χ1) is 13.5. The molecule has 1 aliphatic rings. The molecule has 2 aromatic carbocycles. The van der Waals surface area contributed by atoms with Crippen molar-refractivity contribution in [3.05, 3.63) is 72.4 Å². The molecule has 0 N–H and O–H groups in total. The highest BCUT2D eigenvalue weighted by Gasteiger charge is 2.35. The van der Waals surface area contributed by atoms with E-state index in [4.69, 9.17) is 0 Å². The van der Waals surface area contributed by atoms with Crippen molar-refractivity contribution in [1.29, 1.82) is 0 Å². The Morgan fingerprint density at radius 3 is 2.61 bits per heavy atom. The minimum atomic E-state index is -3.65. The van der Waals surface area contributed by atoms with Gasteiger partial charge >= 0.3 is 0 Å². The van der Waals surface area contributed by atoms with Crippen LogP contribution in [-0.4, -0.2) is 24.9 Å². The molecule has 0 fully saturated rings. The Hall–Kier alpha value is -2.64. The van der Waals surface area contributed by atoms with Gasteiger partial charge in [0.2, 0.25) is 0 Å². The lowest BCUT2D eigenvalue weighted by atomic mass is 10.1. The Labute approximate surface area is 169 Å². The van der Waals surface area contributed by atoms with E-state index in [1.807, 2.05) is 55.5 Å². The normalized spacial score (nSPS) is 14.2. The highest BCUT2D eigenvalue weighted by molar-refractivity contribution is 7.98. The molecule has 0 amide bonds. The number of anilines is 1. The van der Waals surface area contributed by atoms with Crippen molar-refractivity contribution >= 4 is 33.5 Å². The summed E-state index contributed by atoms with van der Waals surface area (Å²) in [6.45, 7) is 5.94. The zero-order valence-corrected chi connectivity index (χ0v) is 17.0. The number of hydrogen-bond donors (Lipinski definition) is 0. The number of benzene rings is 2. The van der Waals surface area contributed by atoms with Crippen LogP contribution in [0.3, 0.4) is 0 Å². The highest BCUT2D eigenvalue weighted by atomic mass is 32.2. The third kappa shape index (κ3) is 3.21. The number of rotatable bonds is 5. The highest BCUT2D eigenvalue weighted by Crippen LogP contribution is 2.41. The van der Waals surface area contributed by atoms with Gasteiger partial charge in [-0.2, -0.15) is 0 Å². The van der Waals surface area contributed by atoms with Crippen molar-refractivity contribution in [1.82, 2.24) is 9.97 Å². The summed E-state index contributed by atoms with van der Waals surface area (Å²) in [4.78, 5) is 9.07. The minimum absolute atomic E-state index is 0.160. The molecule has 4 rings (SSSR count). The van der Waals surface area contributed by atoms with Gasteiger partial charge in [0.15, 0.2) is 5.16 Å². The second-order valence-electron chi connectivity index (χ2n) is 6.29. The largest absolute Gasteiger partial charge is 0.268 e. The molecule has 1 aromatic heterocycles. The van der Waals surface area contributed by atoms with Crippen LogP contribution in [0.15, 0.2) is 71.4 Å². The Morgan fingerprint density at radius 2 is 1.89 bits per heavy atom. The molecule has 7 heteroatoms. The average molecular weight is 410 g/mol. The van der Waals surface area contributed by atoms with Gasteiger partial charge in [0, 0.05) is 17.9 Å². The summed E-state index contributed by atoms with van der Waals surface area (Å²) in [5.41, 5.74) is 4.16. The topological polar surface area (TPSA) is 63.2 Å². The van der Waals surface area contributed by atoms with E-state index in [-0.39, 0.29) is 4.90 Å². The van der Waals surface area contributed by atoms with Crippen molar-refractivity contribution in [3.63, 3.8) is 0 Å². The summed E-state index contributed by atoms with van der Waals surface area (Å²) in [6, 6.07) is 15.6. The second kappa shape index (κ2) is 7.41. The number of aromatic nitrogens is 2. The molecule has 0 unspecified atom stereocenters. The smallest absolute Gasteiger partial charge is 0.266 e. The standard InChI is InChI=1S/C21H19N3O2S2/c1-3-15-9-11-16(12-10-15)14-27-21-22-13-19-20(23-21)17-7-5-6-8-18(17)24(4-2)28(19,25)26/h3,5-13H,1,4,14H2,2H3. The zero-order valence-electron chi connectivity index (χ0n) is 15.4. The van der Waals surface area contributed by atoms with E-state index in [1.165, 1.54) is 22.3 Å². The molecule has 28 heavy (non-hydrogen) atoms. The van der Waals surface area contributed by atoms with E-state index in [0.29, 0.717) is 28.8 Å². The summed E-state index contributed by atoms with van der Waals surface area (Å²) in [5, 5.41) is 0.557. The third-order valence-corrected chi connectivity index (χ3v) is 7.42. The summed E-state index contributed by atoms with van der Waals surface area (Å²) in [6.07, 6.45) is 3.24. The molecule has 0 aliphatic carbocycles. The molecule has 5 nitrogen and oxygen atoms in total. The lowest BCUT2D eigenvalue weighted by Crippen LogP contribution is -2.34. The summed E-state index contributed by atoms with van der Waals surface area (Å²) in [5.74, 6) is 0.700. The molecule has 2 heterocycles. The molecule has 0 saturated heterocycles. The molecule has 142 valence electrons. The number of fused-ring (bicyclic) bond motifs is 3. The Bertz CT molecular complexity index is 1140. The summed E-state index contributed by atoms with van der Waals surface area (Å²) < 4.78 is 27.4. The van der Waals surface area contributed by atoms with E-state index in [0.717, 1.165) is 16.7 Å². The Morgan fingerprint density at radius 1 is 1.14 bits per heavy atom. The Balaban J connectivity index is 1.69. The third-order valence-electron chi connectivity index (χ3n) is 4.60. The predicted octanol–water partition coefficient (Wildman–Crippen LogP) is 4.61. The fraction of sp³-hybridized carbons (Fsp3) is 0.143. The molecule has 0 saturated carbocycles. The van der Waals surface area contributed by atoms with Gasteiger partial charge < -0.3 is 0 Å². The number of hydrogen-bond acceptors (Lipinski definition) is 5. The zero-order chi connectivity index (χ0) is 19.7. The van der Waals surface area contributed by atoms with Gasteiger partial charge in [-0.15, -0.1) is 0 Å². The van der Waals surface area contributed by atoms with Crippen LogP contribution in [-0.2, 0) is 15.8 Å². The lowest BCUT2D eigenvalue weighted by Gasteiger charge is -2.30. The van der Waals surface area contributed by atoms with Gasteiger partial charge in [-0.3, -0.25) is 4.31 Å². The van der Waals surface area contributed by atoms with Gasteiger partial charge in [0.1, 0.15) is 4.90 Å². The van der Waals surface area contributed by atoms with Crippen LogP contribution in [0.2, 0.25) is 0 Å². The quantitative estimate of drug-likeness (QED) is 0.455. The average Bonchev–Trinajstić information content (AvgIpc) is 2.72. The van der Waals surface area contributed by atoms with Crippen molar-refractivity contribution < 1.29 is 8.42 Å². The van der Waals surface area contributed by atoms with Crippen LogP contribution in [0.5, 0.6) is 0 Å². The second-order valence-corrected chi connectivity index (χ2v) is 9.06. The first-order valence-corrected chi connectivity index (χ1v) is 11.3. The fourth-order valence-corrected chi connectivity index (χ4v) is 5.54. The van der Waals surface area contributed by atoms with Crippen molar-refractivity contribution in [2.24, 2.45) is 0 Å². The van der Waals surface area contributed by atoms with E-state index < -0.39 is 10.0 Å². The number of thioether (sulfide) groups is 1. The first kappa shape index (κ1) is 18.7. The van der Waals surface area contributed by atoms with E-state index >= 15 is 0 Å². The van der Waals surface area contributed by atoms with Crippen LogP contribution in [0.1, 0.15) is 18.1 Å². The molecule has 0 spiro atoms. The molecular weight excluding hydrogens is 390 g/mol. The molecule has 0 atom stereocenters. The van der Waals surface area contributed by atoms with Crippen molar-refractivity contribution in [2.45, 2.75) is 22.7 Å². The first-order valence-electron chi connectivity index (χ1n) is 8.88. The molecular formula is C21H19N3O2S2. The number of nitrogens with zero attached hydrogens (tertiary/aromatic N) is 3. The van der Waals surface area contributed by atoms with Gasteiger partial charge in [0.05, 0.1) is 17.6 Å². The maximum atomic E-state index is 13.0. The predicted molar refractivity (Wildman–Crippen MR) is 114 cm³/mol. The van der Waals surface area contributed by atoms with Gasteiger partial charge in [-0.25, -0.2) is 18.4 Å². The van der Waals surface area contributed by atoms with E-state index in [9.17, 15) is 8.42 Å².